The molecule has 1 amide bonds. The Bertz CT molecular complexity index is 1230. The normalized spacial score (nSPS) is 21.5. The van der Waals surface area contributed by atoms with Gasteiger partial charge >= 0.3 is 0 Å². The maximum absolute atomic E-state index is 13.3. The van der Waals surface area contributed by atoms with Crippen molar-refractivity contribution in [1.29, 1.82) is 0 Å². The van der Waals surface area contributed by atoms with Gasteiger partial charge in [-0.2, -0.15) is 5.10 Å². The highest BCUT2D eigenvalue weighted by atomic mass is 35.5. The molecule has 1 aromatic heterocycles. The number of carbonyl (C=O) groups excluding carboxylic acids is 1. The molecule has 1 aliphatic carbocycles. The van der Waals surface area contributed by atoms with Crippen LogP contribution in [0.4, 0.5) is 0 Å². The number of hydrazone groups is 1. The minimum absolute atomic E-state index is 0.115. The zero-order valence-electron chi connectivity index (χ0n) is 17.8. The van der Waals surface area contributed by atoms with Gasteiger partial charge in [0.1, 0.15) is 0 Å². The molecule has 1 aliphatic heterocycles. The van der Waals surface area contributed by atoms with Crippen LogP contribution < -0.4 is 0 Å². The standard InChI is InChI=1S/C27H22Cl2N2OS/c28-21-10-6-18(7-11-21)17-20-3-1-5-24-26(20)30-31(25(32)15-14-23-4-2-16-33-23)27(24)19-8-12-22(29)13-9-19/h2,4,6-17,24,27H,1,3,5H2/b15-14+,20-17-/t24-,27+/m1/s1. The fourth-order valence-electron chi connectivity index (χ4n) is 4.55. The van der Waals surface area contributed by atoms with E-state index in [2.05, 4.69) is 6.08 Å². The van der Waals surface area contributed by atoms with E-state index in [1.807, 2.05) is 72.1 Å². The number of allylic oxidation sites excluding steroid dienone is 1. The van der Waals surface area contributed by atoms with Gasteiger partial charge in [0.05, 0.1) is 11.8 Å². The summed E-state index contributed by atoms with van der Waals surface area (Å²) in [5, 5.41) is 9.97. The van der Waals surface area contributed by atoms with E-state index in [4.69, 9.17) is 28.3 Å². The lowest BCUT2D eigenvalue weighted by Crippen LogP contribution is -2.30. The van der Waals surface area contributed by atoms with Crippen molar-refractivity contribution in [2.75, 3.05) is 0 Å². The maximum Gasteiger partial charge on any atom is 0.267 e. The molecule has 6 heteroatoms. The third-order valence-electron chi connectivity index (χ3n) is 6.08. The topological polar surface area (TPSA) is 32.7 Å². The quantitative estimate of drug-likeness (QED) is 0.340. The molecular formula is C27H22Cl2N2OS. The van der Waals surface area contributed by atoms with E-state index < -0.39 is 0 Å². The molecule has 0 bridgehead atoms. The van der Waals surface area contributed by atoms with Gasteiger partial charge in [0.2, 0.25) is 0 Å². The van der Waals surface area contributed by atoms with Gasteiger partial charge in [0, 0.05) is 26.9 Å². The summed E-state index contributed by atoms with van der Waals surface area (Å²) in [6.07, 6.45) is 8.65. The number of amides is 1. The van der Waals surface area contributed by atoms with Gasteiger partial charge in [-0.1, -0.05) is 53.5 Å². The Hall–Kier alpha value is -2.66. The SMILES string of the molecule is O=C(/C=C/c1cccs1)N1N=C2/C(=C\c3ccc(Cl)cc3)CCC[C@H]2[C@@H]1c1ccc(Cl)cc1. The number of hydrogen-bond acceptors (Lipinski definition) is 3. The Morgan fingerprint density at radius 3 is 2.45 bits per heavy atom. The van der Waals surface area contributed by atoms with Crippen LogP contribution in [0.15, 0.2) is 82.8 Å². The zero-order chi connectivity index (χ0) is 22.8. The highest BCUT2D eigenvalue weighted by molar-refractivity contribution is 7.10. The number of halogens is 2. The molecule has 0 saturated heterocycles. The number of hydrogen-bond donors (Lipinski definition) is 0. The van der Waals surface area contributed by atoms with Gasteiger partial charge < -0.3 is 0 Å². The van der Waals surface area contributed by atoms with Gasteiger partial charge in [0.25, 0.3) is 5.91 Å². The minimum atomic E-state index is -0.147. The van der Waals surface area contributed by atoms with Gasteiger partial charge in [-0.05, 0) is 83.8 Å². The maximum atomic E-state index is 13.3. The fourth-order valence-corrected chi connectivity index (χ4v) is 5.42. The first-order chi connectivity index (χ1) is 16.1. The lowest BCUT2D eigenvalue weighted by molar-refractivity contribution is -0.128. The summed E-state index contributed by atoms with van der Waals surface area (Å²) >= 11 is 13.8. The summed E-state index contributed by atoms with van der Waals surface area (Å²) in [5.41, 5.74) is 4.33. The van der Waals surface area contributed by atoms with E-state index >= 15 is 0 Å². The van der Waals surface area contributed by atoms with E-state index in [1.165, 1.54) is 5.57 Å². The van der Waals surface area contributed by atoms with Crippen molar-refractivity contribution < 1.29 is 4.79 Å². The summed E-state index contributed by atoms with van der Waals surface area (Å²) in [4.78, 5) is 14.4. The van der Waals surface area contributed by atoms with Gasteiger partial charge in [-0.3, -0.25) is 4.79 Å². The zero-order valence-corrected chi connectivity index (χ0v) is 20.2. The number of benzene rings is 2. The highest BCUT2D eigenvalue weighted by Crippen LogP contribution is 2.44. The van der Waals surface area contributed by atoms with E-state index in [0.29, 0.717) is 10.0 Å². The van der Waals surface area contributed by atoms with E-state index in [0.717, 1.165) is 41.0 Å². The monoisotopic (exact) mass is 492 g/mol. The molecule has 0 spiro atoms. The largest absolute Gasteiger partial charge is 0.268 e. The van der Waals surface area contributed by atoms with Crippen molar-refractivity contribution in [3.63, 3.8) is 0 Å². The molecular weight excluding hydrogens is 471 g/mol. The summed E-state index contributed by atoms with van der Waals surface area (Å²) in [6.45, 7) is 0. The fraction of sp³-hybridized carbons (Fsp3) is 0.185. The van der Waals surface area contributed by atoms with Crippen LogP contribution in [0.25, 0.3) is 12.2 Å². The van der Waals surface area contributed by atoms with Crippen LogP contribution in [0.5, 0.6) is 0 Å². The average molecular weight is 493 g/mol. The predicted octanol–water partition coefficient (Wildman–Crippen LogP) is 7.89. The predicted molar refractivity (Wildman–Crippen MR) is 139 cm³/mol. The molecule has 166 valence electrons. The lowest BCUT2D eigenvalue weighted by atomic mass is 9.77. The highest BCUT2D eigenvalue weighted by Gasteiger charge is 2.43. The molecule has 0 radical (unpaired) electrons. The molecule has 0 N–H and O–H groups in total. The van der Waals surface area contributed by atoms with Crippen molar-refractivity contribution in [2.45, 2.75) is 25.3 Å². The molecule has 5 rings (SSSR count). The first kappa shape index (κ1) is 22.1. The van der Waals surface area contributed by atoms with Crippen LogP contribution >= 0.6 is 34.5 Å². The van der Waals surface area contributed by atoms with E-state index in [-0.39, 0.29) is 17.9 Å². The smallest absolute Gasteiger partial charge is 0.267 e. The Morgan fingerprint density at radius 1 is 1.03 bits per heavy atom. The van der Waals surface area contributed by atoms with Crippen LogP contribution in [0.3, 0.4) is 0 Å². The Labute approximate surface area is 207 Å². The lowest BCUT2D eigenvalue weighted by Gasteiger charge is -2.29. The molecule has 3 aromatic rings. The van der Waals surface area contributed by atoms with Crippen LogP contribution in [0, 0.1) is 5.92 Å². The summed E-state index contributed by atoms with van der Waals surface area (Å²) in [5.74, 6) is 0.0358. The van der Waals surface area contributed by atoms with Crippen LogP contribution in [0.2, 0.25) is 10.0 Å². The Balaban J connectivity index is 1.52. The third kappa shape index (κ3) is 4.84. The second-order valence-corrected chi connectivity index (χ2v) is 10.1. The van der Waals surface area contributed by atoms with Crippen LogP contribution in [0.1, 0.15) is 41.3 Å². The summed E-state index contributed by atoms with van der Waals surface area (Å²) in [6, 6.07) is 19.4. The number of rotatable bonds is 4. The number of fused-ring (bicyclic) bond motifs is 1. The van der Waals surface area contributed by atoms with E-state index in [9.17, 15) is 4.79 Å². The molecule has 2 heterocycles. The average Bonchev–Trinajstić information content (AvgIpc) is 3.48. The van der Waals surface area contributed by atoms with Gasteiger partial charge in [-0.15, -0.1) is 11.3 Å². The molecule has 2 atom stereocenters. The Kier molecular flexibility index (Phi) is 6.50. The van der Waals surface area contributed by atoms with Crippen molar-refractivity contribution in [2.24, 2.45) is 11.0 Å². The third-order valence-corrected chi connectivity index (χ3v) is 7.42. The first-order valence-corrected chi connectivity index (χ1v) is 12.6. The molecule has 3 nitrogen and oxygen atoms in total. The summed E-state index contributed by atoms with van der Waals surface area (Å²) in [7, 11) is 0. The molecule has 1 saturated carbocycles. The molecule has 33 heavy (non-hydrogen) atoms. The van der Waals surface area contributed by atoms with Crippen LogP contribution in [-0.4, -0.2) is 16.6 Å². The van der Waals surface area contributed by atoms with Crippen molar-refractivity contribution >= 4 is 58.3 Å². The van der Waals surface area contributed by atoms with Gasteiger partial charge in [0.15, 0.2) is 0 Å². The van der Waals surface area contributed by atoms with Crippen molar-refractivity contribution in [3.8, 4) is 0 Å². The van der Waals surface area contributed by atoms with E-state index in [1.54, 1.807) is 22.4 Å². The number of carbonyl (C=O) groups is 1. The van der Waals surface area contributed by atoms with Crippen molar-refractivity contribution in [3.05, 3.63) is 104 Å². The van der Waals surface area contributed by atoms with Crippen molar-refractivity contribution in [1.82, 2.24) is 5.01 Å². The number of thiophene rings is 1. The molecule has 0 unspecified atom stereocenters. The minimum Gasteiger partial charge on any atom is -0.268 e. The first-order valence-electron chi connectivity index (χ1n) is 10.9. The Morgan fingerprint density at radius 2 is 1.76 bits per heavy atom. The molecule has 2 aromatic carbocycles. The second-order valence-electron chi connectivity index (χ2n) is 8.23. The second kappa shape index (κ2) is 9.68. The number of nitrogens with zero attached hydrogens (tertiary/aromatic N) is 2. The molecule has 2 aliphatic rings. The molecule has 1 fully saturated rings. The van der Waals surface area contributed by atoms with Crippen LogP contribution in [-0.2, 0) is 4.79 Å². The van der Waals surface area contributed by atoms with Gasteiger partial charge in [-0.25, -0.2) is 5.01 Å². The summed E-state index contributed by atoms with van der Waals surface area (Å²) < 4.78 is 0.